The molecule has 0 aliphatic carbocycles. The van der Waals surface area contributed by atoms with Gasteiger partial charge in [-0.2, -0.15) is 0 Å². The SMILES string of the molecule is CC(=O)C(=O)O.Cl.O=c1cc[nH]c(=O)[nH]1.[MgH2].[NaH]. The Morgan fingerprint density at radius 1 is 1.29 bits per heavy atom. The van der Waals surface area contributed by atoms with Crippen molar-refractivity contribution in [3.63, 3.8) is 0 Å². The van der Waals surface area contributed by atoms with Gasteiger partial charge in [0.25, 0.3) is 5.56 Å². The fourth-order valence-electron chi connectivity index (χ4n) is 0.383. The molecule has 0 bridgehead atoms. The van der Waals surface area contributed by atoms with Crippen molar-refractivity contribution in [3.8, 4) is 0 Å². The summed E-state index contributed by atoms with van der Waals surface area (Å²) in [5, 5.41) is 7.64. The van der Waals surface area contributed by atoms with Crippen LogP contribution in [-0.4, -0.2) is 79.4 Å². The molecule has 90 valence electrons. The Labute approximate surface area is 140 Å². The van der Waals surface area contributed by atoms with Crippen molar-refractivity contribution < 1.29 is 14.7 Å². The summed E-state index contributed by atoms with van der Waals surface area (Å²) in [7, 11) is 0. The van der Waals surface area contributed by atoms with E-state index in [1.54, 1.807) is 0 Å². The number of rotatable bonds is 1. The van der Waals surface area contributed by atoms with Gasteiger partial charge in [0.05, 0.1) is 0 Å². The first-order chi connectivity index (χ1) is 6.43. The van der Waals surface area contributed by atoms with Crippen molar-refractivity contribution in [2.45, 2.75) is 6.92 Å². The molecule has 0 aliphatic rings. The zero-order valence-corrected chi connectivity index (χ0v) is 8.46. The van der Waals surface area contributed by atoms with E-state index in [0.717, 1.165) is 6.92 Å². The molecule has 0 spiro atoms. The fraction of sp³-hybridized carbons (Fsp3) is 0.143. The number of hydrogen-bond acceptors (Lipinski definition) is 4. The summed E-state index contributed by atoms with van der Waals surface area (Å²) in [6.07, 6.45) is 1.29. The normalized spacial score (nSPS) is 6.88. The van der Waals surface area contributed by atoms with Gasteiger partial charge in [-0.25, -0.2) is 9.59 Å². The number of carboxylic acid groups (broad SMARTS) is 1. The number of hydrogen-bond donors (Lipinski definition) is 3. The first-order valence-corrected chi connectivity index (χ1v) is 3.45. The number of carboxylic acids is 1. The van der Waals surface area contributed by atoms with Gasteiger partial charge in [0.2, 0.25) is 5.78 Å². The summed E-state index contributed by atoms with van der Waals surface area (Å²) < 4.78 is 0. The molecule has 7 nitrogen and oxygen atoms in total. The van der Waals surface area contributed by atoms with Crippen molar-refractivity contribution in [2.75, 3.05) is 0 Å². The van der Waals surface area contributed by atoms with E-state index in [-0.39, 0.29) is 70.6 Å². The fourth-order valence-corrected chi connectivity index (χ4v) is 0.383. The van der Waals surface area contributed by atoms with Gasteiger partial charge in [-0.1, -0.05) is 0 Å². The van der Waals surface area contributed by atoms with E-state index in [2.05, 4.69) is 4.98 Å². The molecule has 0 amide bonds. The van der Waals surface area contributed by atoms with Crippen LogP contribution in [0.25, 0.3) is 0 Å². The number of Topliss-reactive ketones (excluding diaryl/α,β-unsaturated/α-hetero) is 1. The van der Waals surface area contributed by atoms with Crippen molar-refractivity contribution in [1.29, 1.82) is 0 Å². The van der Waals surface area contributed by atoms with Crippen LogP contribution in [0.2, 0.25) is 0 Å². The van der Waals surface area contributed by atoms with Crippen LogP contribution in [0.4, 0.5) is 0 Å². The molecule has 0 aromatic carbocycles. The first-order valence-electron chi connectivity index (χ1n) is 3.45. The number of H-pyrrole nitrogens is 2. The molecule has 1 rings (SSSR count). The Kier molecular flexibility index (Phi) is 21.0. The van der Waals surface area contributed by atoms with E-state index < -0.39 is 17.4 Å². The summed E-state index contributed by atoms with van der Waals surface area (Å²) in [5.74, 6) is -2.20. The standard InChI is InChI=1S/C4H4N2O2.C3H4O3.ClH.Mg.Na.3H/c7-3-1-2-5-4(8)6-3;1-2(4)3(5)6;;;;;;/h1-2H,(H2,5,6,7,8);1H3,(H,5,6);1H;;;;;. The maximum absolute atomic E-state index is 10.2. The summed E-state index contributed by atoms with van der Waals surface area (Å²) in [4.78, 5) is 43.6. The van der Waals surface area contributed by atoms with Gasteiger partial charge in [0.1, 0.15) is 0 Å². The van der Waals surface area contributed by atoms with Gasteiger partial charge in [0, 0.05) is 19.2 Å². The Hall–Kier alpha value is -0.124. The minimum absolute atomic E-state index is 0. The molecular formula is C7H12ClMgN2NaO5. The second kappa shape index (κ2) is 13.9. The quantitative estimate of drug-likeness (QED) is 0.392. The third-order valence-corrected chi connectivity index (χ3v) is 0.987. The molecule has 3 N–H and O–H groups in total. The van der Waals surface area contributed by atoms with Crippen molar-refractivity contribution >= 4 is 76.8 Å². The monoisotopic (exact) mass is 286 g/mol. The molecule has 1 aromatic heterocycles. The van der Waals surface area contributed by atoms with Crippen LogP contribution in [0.3, 0.4) is 0 Å². The number of ketones is 1. The van der Waals surface area contributed by atoms with Crippen LogP contribution in [0.5, 0.6) is 0 Å². The Morgan fingerprint density at radius 2 is 1.71 bits per heavy atom. The van der Waals surface area contributed by atoms with Gasteiger partial charge in [0.15, 0.2) is 0 Å². The van der Waals surface area contributed by atoms with E-state index in [4.69, 9.17) is 5.11 Å². The maximum atomic E-state index is 10.2. The number of aliphatic carboxylic acids is 1. The zero-order chi connectivity index (χ0) is 11.1. The summed E-state index contributed by atoms with van der Waals surface area (Å²) >= 11 is 0. The van der Waals surface area contributed by atoms with Crippen LogP contribution in [0.15, 0.2) is 21.9 Å². The predicted octanol–water partition coefficient (Wildman–Crippen LogP) is -2.42. The van der Waals surface area contributed by atoms with Crippen LogP contribution >= 0.6 is 12.4 Å². The number of aromatic nitrogens is 2. The number of halogens is 1. The van der Waals surface area contributed by atoms with Crippen molar-refractivity contribution in [2.24, 2.45) is 0 Å². The molecule has 0 atom stereocenters. The second-order valence-corrected chi connectivity index (χ2v) is 2.16. The van der Waals surface area contributed by atoms with Crippen molar-refractivity contribution in [1.82, 2.24) is 9.97 Å². The van der Waals surface area contributed by atoms with Crippen LogP contribution in [-0.2, 0) is 9.59 Å². The minimum atomic E-state index is -1.38. The average molecular weight is 287 g/mol. The van der Waals surface area contributed by atoms with Crippen LogP contribution < -0.4 is 11.2 Å². The number of carbonyl (C=O) groups is 2. The summed E-state index contributed by atoms with van der Waals surface area (Å²) in [6.45, 7) is 1.00. The van der Waals surface area contributed by atoms with E-state index in [1.165, 1.54) is 12.3 Å². The third kappa shape index (κ3) is 15.9. The van der Waals surface area contributed by atoms with Gasteiger partial charge in [-0.05, 0) is 0 Å². The topological polar surface area (TPSA) is 120 Å². The number of aromatic amines is 2. The molecular weight excluding hydrogens is 275 g/mol. The molecule has 1 aromatic rings. The Morgan fingerprint density at radius 3 is 1.88 bits per heavy atom. The Bertz CT molecular complexity index is 409. The van der Waals surface area contributed by atoms with E-state index in [0.29, 0.717) is 0 Å². The zero-order valence-electron chi connectivity index (χ0n) is 7.64. The Balaban J connectivity index is -0.0000000873. The number of nitrogens with one attached hydrogen (secondary N) is 2. The molecule has 0 radical (unpaired) electrons. The molecule has 0 saturated carbocycles. The van der Waals surface area contributed by atoms with E-state index in [1.807, 2.05) is 4.98 Å². The van der Waals surface area contributed by atoms with E-state index >= 15 is 0 Å². The first kappa shape index (κ1) is 25.7. The van der Waals surface area contributed by atoms with Gasteiger partial charge >= 0.3 is 64.3 Å². The van der Waals surface area contributed by atoms with Crippen molar-refractivity contribution in [3.05, 3.63) is 33.1 Å². The van der Waals surface area contributed by atoms with Crippen LogP contribution in [0.1, 0.15) is 6.92 Å². The number of carbonyl (C=O) groups excluding carboxylic acids is 1. The molecule has 0 fully saturated rings. The molecule has 10 heteroatoms. The third-order valence-electron chi connectivity index (χ3n) is 0.987. The molecule has 0 saturated heterocycles. The molecule has 0 unspecified atom stereocenters. The van der Waals surface area contributed by atoms with Gasteiger partial charge in [-0.15, -0.1) is 12.4 Å². The average Bonchev–Trinajstić information content (AvgIpc) is 2.04. The summed E-state index contributed by atoms with van der Waals surface area (Å²) in [5.41, 5.74) is -0.855. The van der Waals surface area contributed by atoms with Gasteiger partial charge in [-0.3, -0.25) is 14.6 Å². The van der Waals surface area contributed by atoms with E-state index in [9.17, 15) is 19.2 Å². The molecule has 0 aliphatic heterocycles. The second-order valence-electron chi connectivity index (χ2n) is 2.16. The predicted molar refractivity (Wildman–Crippen MR) is 68.9 cm³/mol. The summed E-state index contributed by atoms with van der Waals surface area (Å²) in [6, 6.07) is 1.24. The van der Waals surface area contributed by atoms with Crippen LogP contribution in [0, 0.1) is 0 Å². The van der Waals surface area contributed by atoms with Gasteiger partial charge < -0.3 is 10.1 Å². The molecule has 1 heterocycles. The molecule has 17 heavy (non-hydrogen) atoms.